The lowest BCUT2D eigenvalue weighted by Crippen LogP contribution is -2.25. The molecule has 2 rings (SSSR count). The summed E-state index contributed by atoms with van der Waals surface area (Å²) < 4.78 is 50.5. The van der Waals surface area contributed by atoms with E-state index < -0.39 is 11.9 Å². The molecule has 1 atom stereocenters. The van der Waals surface area contributed by atoms with Gasteiger partial charge in [0.05, 0.1) is 6.54 Å². The third-order valence-corrected chi connectivity index (χ3v) is 3.37. The molecule has 0 fully saturated rings. The molecule has 1 N–H and O–H groups in total. The summed E-state index contributed by atoms with van der Waals surface area (Å²) in [7, 11) is 0. The third kappa shape index (κ3) is 5.00. The van der Waals surface area contributed by atoms with Crippen molar-refractivity contribution in [1.29, 1.82) is 0 Å². The van der Waals surface area contributed by atoms with Gasteiger partial charge in [-0.2, -0.15) is 13.2 Å². The molecular weight excluding hydrogens is 326 g/mol. The number of halogens is 4. The Balaban J connectivity index is 1.90. The van der Waals surface area contributed by atoms with Crippen molar-refractivity contribution in [3.63, 3.8) is 0 Å². The molecule has 1 heterocycles. The van der Waals surface area contributed by atoms with E-state index in [1.165, 1.54) is 12.1 Å². The summed E-state index contributed by atoms with van der Waals surface area (Å²) in [5, 5.41) is 2.48. The number of alkyl halides is 3. The lowest BCUT2D eigenvalue weighted by Gasteiger charge is -2.12. The average molecular weight is 341 g/mol. The quantitative estimate of drug-likeness (QED) is 0.848. The second-order valence-electron chi connectivity index (χ2n) is 5.29. The maximum Gasteiger partial charge on any atom is 0.433 e. The normalized spacial score (nSPS) is 12.7. The summed E-state index contributed by atoms with van der Waals surface area (Å²) in [6, 6.07) is 6.55. The number of hydrogen-bond donors (Lipinski definition) is 1. The molecule has 0 saturated carbocycles. The largest absolute Gasteiger partial charge is 0.433 e. The summed E-state index contributed by atoms with van der Waals surface area (Å²) in [6.07, 6.45) is -3.44. The molecule has 128 valence electrons. The number of carbonyl (C=O) groups excluding carboxylic acids is 1. The van der Waals surface area contributed by atoms with Gasteiger partial charge in [0.1, 0.15) is 17.3 Å². The van der Waals surface area contributed by atoms with Gasteiger partial charge in [0.25, 0.3) is 0 Å². The second-order valence-corrected chi connectivity index (χ2v) is 5.29. The van der Waals surface area contributed by atoms with Crippen molar-refractivity contribution in [1.82, 2.24) is 15.3 Å². The van der Waals surface area contributed by atoms with Crippen LogP contribution in [0.25, 0.3) is 0 Å². The van der Waals surface area contributed by atoms with E-state index in [1.54, 1.807) is 19.1 Å². The van der Waals surface area contributed by atoms with Crippen LogP contribution in [0.15, 0.2) is 36.5 Å². The standard InChI is InChI=1S/C16H15F4N3O/c1-10(11-2-4-12(17)5-3-11)8-15(24)22-9-14-21-7-6-13(23-14)16(18,19)20/h2-7,10H,8-9H2,1H3,(H,22,24)/t10-/m0/s1. The van der Waals surface area contributed by atoms with Crippen LogP contribution >= 0.6 is 0 Å². The Morgan fingerprint density at radius 1 is 1.21 bits per heavy atom. The number of aromatic nitrogens is 2. The van der Waals surface area contributed by atoms with Crippen LogP contribution in [0.3, 0.4) is 0 Å². The Morgan fingerprint density at radius 2 is 1.88 bits per heavy atom. The molecule has 0 saturated heterocycles. The number of amides is 1. The highest BCUT2D eigenvalue weighted by Crippen LogP contribution is 2.26. The highest BCUT2D eigenvalue weighted by atomic mass is 19.4. The lowest BCUT2D eigenvalue weighted by molar-refractivity contribution is -0.141. The molecule has 1 amide bonds. The van der Waals surface area contributed by atoms with Crippen LogP contribution in [0, 0.1) is 5.82 Å². The molecular formula is C16H15F4N3O. The van der Waals surface area contributed by atoms with Gasteiger partial charge in [-0.15, -0.1) is 0 Å². The minimum atomic E-state index is -4.56. The average Bonchev–Trinajstić information content (AvgIpc) is 2.53. The summed E-state index contributed by atoms with van der Waals surface area (Å²) in [5.41, 5.74) is -0.261. The van der Waals surface area contributed by atoms with Crippen molar-refractivity contribution in [2.24, 2.45) is 0 Å². The van der Waals surface area contributed by atoms with Gasteiger partial charge >= 0.3 is 6.18 Å². The van der Waals surface area contributed by atoms with Crippen LogP contribution in [-0.4, -0.2) is 15.9 Å². The molecule has 4 nitrogen and oxygen atoms in total. The van der Waals surface area contributed by atoms with Crippen molar-refractivity contribution >= 4 is 5.91 Å². The van der Waals surface area contributed by atoms with E-state index in [2.05, 4.69) is 15.3 Å². The van der Waals surface area contributed by atoms with Gasteiger partial charge in [-0.3, -0.25) is 4.79 Å². The molecule has 0 aliphatic heterocycles. The maximum atomic E-state index is 12.9. The molecule has 0 bridgehead atoms. The zero-order valence-electron chi connectivity index (χ0n) is 12.8. The van der Waals surface area contributed by atoms with Gasteiger partial charge in [0.15, 0.2) is 0 Å². The van der Waals surface area contributed by atoms with Gasteiger partial charge in [-0.1, -0.05) is 19.1 Å². The first-order valence-corrected chi connectivity index (χ1v) is 7.17. The van der Waals surface area contributed by atoms with Crippen LogP contribution in [0.4, 0.5) is 17.6 Å². The number of benzene rings is 1. The first-order chi connectivity index (χ1) is 11.3. The molecule has 1 aromatic carbocycles. The Morgan fingerprint density at radius 3 is 2.50 bits per heavy atom. The van der Waals surface area contributed by atoms with Crippen molar-refractivity contribution in [2.75, 3.05) is 0 Å². The highest BCUT2D eigenvalue weighted by molar-refractivity contribution is 5.76. The lowest BCUT2D eigenvalue weighted by atomic mass is 9.97. The first kappa shape index (κ1) is 17.8. The van der Waals surface area contributed by atoms with Crippen LogP contribution in [-0.2, 0) is 17.5 Å². The van der Waals surface area contributed by atoms with E-state index in [1.807, 2.05) is 0 Å². The second kappa shape index (κ2) is 7.37. The predicted molar refractivity (Wildman–Crippen MR) is 78.3 cm³/mol. The summed E-state index contributed by atoms with van der Waals surface area (Å²) >= 11 is 0. The van der Waals surface area contributed by atoms with E-state index in [0.29, 0.717) is 0 Å². The molecule has 0 radical (unpaired) electrons. The summed E-state index contributed by atoms with van der Waals surface area (Å²) in [4.78, 5) is 19.0. The Labute approximate surface area is 135 Å². The van der Waals surface area contributed by atoms with Crippen molar-refractivity contribution < 1.29 is 22.4 Å². The zero-order valence-corrected chi connectivity index (χ0v) is 12.8. The topological polar surface area (TPSA) is 54.9 Å². The Hall–Kier alpha value is -2.51. The van der Waals surface area contributed by atoms with Crippen molar-refractivity contribution in [3.05, 3.63) is 59.4 Å². The fraction of sp³-hybridized carbons (Fsp3) is 0.312. The van der Waals surface area contributed by atoms with Crippen LogP contribution in [0.1, 0.15) is 36.3 Å². The smallest absolute Gasteiger partial charge is 0.349 e. The van der Waals surface area contributed by atoms with Crippen LogP contribution in [0.5, 0.6) is 0 Å². The fourth-order valence-corrected chi connectivity index (χ4v) is 2.08. The zero-order chi connectivity index (χ0) is 17.7. The van der Waals surface area contributed by atoms with Crippen LogP contribution < -0.4 is 5.32 Å². The summed E-state index contributed by atoms with van der Waals surface area (Å²) in [6.45, 7) is 1.60. The number of nitrogens with zero attached hydrogens (tertiary/aromatic N) is 2. The van der Waals surface area contributed by atoms with Crippen LogP contribution in [0.2, 0.25) is 0 Å². The number of hydrogen-bond acceptors (Lipinski definition) is 3. The van der Waals surface area contributed by atoms with E-state index in [0.717, 1.165) is 17.8 Å². The van der Waals surface area contributed by atoms with E-state index >= 15 is 0 Å². The van der Waals surface area contributed by atoms with E-state index in [-0.39, 0.29) is 36.4 Å². The van der Waals surface area contributed by atoms with Gasteiger partial charge in [-0.25, -0.2) is 14.4 Å². The molecule has 0 unspecified atom stereocenters. The summed E-state index contributed by atoms with van der Waals surface area (Å²) in [5.74, 6) is -0.995. The minimum Gasteiger partial charge on any atom is -0.349 e. The highest BCUT2D eigenvalue weighted by Gasteiger charge is 2.32. The van der Waals surface area contributed by atoms with E-state index in [4.69, 9.17) is 0 Å². The molecule has 0 aliphatic carbocycles. The number of nitrogens with one attached hydrogen (secondary N) is 1. The monoisotopic (exact) mass is 341 g/mol. The predicted octanol–water partition coefficient (Wildman–Crippen LogP) is 3.44. The van der Waals surface area contributed by atoms with E-state index in [9.17, 15) is 22.4 Å². The molecule has 0 spiro atoms. The molecule has 0 aliphatic rings. The van der Waals surface area contributed by atoms with Crippen molar-refractivity contribution in [2.45, 2.75) is 32.0 Å². The number of rotatable bonds is 5. The Kier molecular flexibility index (Phi) is 5.48. The van der Waals surface area contributed by atoms with Gasteiger partial charge in [0.2, 0.25) is 5.91 Å². The van der Waals surface area contributed by atoms with Gasteiger partial charge in [0, 0.05) is 12.6 Å². The van der Waals surface area contributed by atoms with Gasteiger partial charge < -0.3 is 5.32 Å². The van der Waals surface area contributed by atoms with Gasteiger partial charge in [-0.05, 0) is 29.7 Å². The minimum absolute atomic E-state index is 0.116. The SMILES string of the molecule is C[C@@H](CC(=O)NCc1nccc(C(F)(F)F)n1)c1ccc(F)cc1. The fourth-order valence-electron chi connectivity index (χ4n) is 2.08. The first-order valence-electron chi connectivity index (χ1n) is 7.17. The molecule has 2 aromatic rings. The third-order valence-electron chi connectivity index (χ3n) is 3.37. The Bertz CT molecular complexity index is 701. The van der Waals surface area contributed by atoms with Crippen molar-refractivity contribution in [3.8, 4) is 0 Å². The number of carbonyl (C=O) groups is 1. The molecule has 1 aromatic heterocycles. The maximum absolute atomic E-state index is 12.9. The molecule has 24 heavy (non-hydrogen) atoms. The molecule has 8 heteroatoms.